The zero-order valence-electron chi connectivity index (χ0n) is 9.51. The van der Waals surface area contributed by atoms with Crippen LogP contribution in [-0.4, -0.2) is 44.8 Å². The van der Waals surface area contributed by atoms with E-state index in [2.05, 4.69) is 17.1 Å². The number of alkyl carbamates (subject to hydrolysis) is 1. The van der Waals surface area contributed by atoms with Crippen molar-refractivity contribution in [2.45, 2.75) is 26.2 Å². The first-order valence-corrected chi connectivity index (χ1v) is 5.22. The first-order valence-electron chi connectivity index (χ1n) is 5.22. The highest BCUT2D eigenvalue weighted by Crippen LogP contribution is 1.88. The summed E-state index contributed by atoms with van der Waals surface area (Å²) in [5.41, 5.74) is 0. The number of unbranched alkanes of at least 4 members (excludes halogenated alkanes) is 1. The number of nitrogens with zero attached hydrogens (tertiary/aromatic N) is 1. The molecule has 1 N–H and O–H groups in total. The Labute approximate surface area is 86.6 Å². The number of hydrogen-bond donors (Lipinski definition) is 1. The van der Waals surface area contributed by atoms with Crippen molar-refractivity contribution in [3.05, 3.63) is 0 Å². The molecule has 1 amide bonds. The Bertz CT molecular complexity index is 149. The molecule has 0 aromatic rings. The van der Waals surface area contributed by atoms with Gasteiger partial charge in [0.25, 0.3) is 0 Å². The standard InChI is InChI=1S/C10H22N2O2/c1-4-5-9-14-10(13)11-7-6-8-12(2)3/h4-9H2,1-3H3,(H,11,13). The van der Waals surface area contributed by atoms with Gasteiger partial charge in [0, 0.05) is 6.54 Å². The maximum Gasteiger partial charge on any atom is 0.407 e. The van der Waals surface area contributed by atoms with Crippen LogP contribution in [0.1, 0.15) is 26.2 Å². The number of carbonyl (C=O) groups is 1. The molecule has 0 heterocycles. The van der Waals surface area contributed by atoms with E-state index in [-0.39, 0.29) is 6.09 Å². The van der Waals surface area contributed by atoms with Crippen LogP contribution in [0, 0.1) is 0 Å². The zero-order chi connectivity index (χ0) is 10.8. The maximum absolute atomic E-state index is 11.0. The van der Waals surface area contributed by atoms with E-state index >= 15 is 0 Å². The van der Waals surface area contributed by atoms with Gasteiger partial charge in [-0.25, -0.2) is 4.79 Å². The third-order valence-corrected chi connectivity index (χ3v) is 1.78. The molecule has 0 bridgehead atoms. The third-order valence-electron chi connectivity index (χ3n) is 1.78. The molecule has 0 spiro atoms. The summed E-state index contributed by atoms with van der Waals surface area (Å²) in [6.07, 6.45) is 2.65. The second-order valence-corrected chi connectivity index (χ2v) is 3.57. The summed E-state index contributed by atoms with van der Waals surface area (Å²) in [5, 5.41) is 2.71. The number of hydrogen-bond acceptors (Lipinski definition) is 3. The minimum atomic E-state index is -0.294. The monoisotopic (exact) mass is 202 g/mol. The molecule has 0 aromatic carbocycles. The van der Waals surface area contributed by atoms with Gasteiger partial charge >= 0.3 is 6.09 Å². The van der Waals surface area contributed by atoms with Crippen LogP contribution in [0.2, 0.25) is 0 Å². The predicted octanol–water partition coefficient (Wildman–Crippen LogP) is 1.46. The fraction of sp³-hybridized carbons (Fsp3) is 0.900. The lowest BCUT2D eigenvalue weighted by molar-refractivity contribution is 0.144. The average molecular weight is 202 g/mol. The van der Waals surface area contributed by atoms with Gasteiger partial charge in [-0.2, -0.15) is 0 Å². The molecule has 0 radical (unpaired) electrons. The Morgan fingerprint density at radius 1 is 1.36 bits per heavy atom. The maximum atomic E-state index is 11.0. The fourth-order valence-corrected chi connectivity index (χ4v) is 0.946. The fourth-order valence-electron chi connectivity index (χ4n) is 0.946. The van der Waals surface area contributed by atoms with E-state index in [0.29, 0.717) is 13.2 Å². The number of carbonyl (C=O) groups excluding carboxylic acids is 1. The largest absolute Gasteiger partial charge is 0.450 e. The van der Waals surface area contributed by atoms with Crippen LogP contribution in [0.3, 0.4) is 0 Å². The first kappa shape index (κ1) is 13.2. The Morgan fingerprint density at radius 2 is 2.07 bits per heavy atom. The Hall–Kier alpha value is -0.770. The van der Waals surface area contributed by atoms with Gasteiger partial charge in [-0.3, -0.25) is 0 Å². The molecule has 0 aliphatic rings. The van der Waals surface area contributed by atoms with E-state index in [1.807, 2.05) is 14.1 Å². The van der Waals surface area contributed by atoms with E-state index in [1.54, 1.807) is 0 Å². The molecule has 4 heteroatoms. The summed E-state index contributed by atoms with van der Waals surface area (Å²) in [7, 11) is 4.03. The van der Waals surface area contributed by atoms with E-state index in [0.717, 1.165) is 25.8 Å². The van der Waals surface area contributed by atoms with Crippen molar-refractivity contribution in [2.24, 2.45) is 0 Å². The van der Waals surface area contributed by atoms with Crippen molar-refractivity contribution in [2.75, 3.05) is 33.8 Å². The smallest absolute Gasteiger partial charge is 0.407 e. The van der Waals surface area contributed by atoms with Gasteiger partial charge in [0.2, 0.25) is 0 Å². The molecular formula is C10H22N2O2. The topological polar surface area (TPSA) is 41.6 Å². The molecule has 0 aliphatic heterocycles. The van der Waals surface area contributed by atoms with Crippen LogP contribution in [0.4, 0.5) is 4.79 Å². The van der Waals surface area contributed by atoms with Crippen molar-refractivity contribution >= 4 is 6.09 Å². The molecule has 0 unspecified atom stereocenters. The normalized spacial score (nSPS) is 10.3. The number of amides is 1. The predicted molar refractivity (Wildman–Crippen MR) is 57.4 cm³/mol. The molecule has 0 rings (SSSR count). The molecule has 4 nitrogen and oxygen atoms in total. The third kappa shape index (κ3) is 9.32. The van der Waals surface area contributed by atoms with E-state index in [1.165, 1.54) is 0 Å². The van der Waals surface area contributed by atoms with Gasteiger partial charge in [0.05, 0.1) is 6.61 Å². The molecular weight excluding hydrogens is 180 g/mol. The van der Waals surface area contributed by atoms with Crippen LogP contribution in [0.5, 0.6) is 0 Å². The molecule has 0 saturated carbocycles. The van der Waals surface area contributed by atoms with Crippen molar-refractivity contribution in [1.29, 1.82) is 0 Å². The lowest BCUT2D eigenvalue weighted by Gasteiger charge is -2.09. The lowest BCUT2D eigenvalue weighted by atomic mass is 10.4. The second-order valence-electron chi connectivity index (χ2n) is 3.57. The number of nitrogens with one attached hydrogen (secondary N) is 1. The Kier molecular flexibility index (Phi) is 8.33. The van der Waals surface area contributed by atoms with Crippen molar-refractivity contribution in [1.82, 2.24) is 10.2 Å². The Morgan fingerprint density at radius 3 is 2.64 bits per heavy atom. The summed E-state index contributed by atoms with van der Waals surface area (Å²) in [6, 6.07) is 0. The van der Waals surface area contributed by atoms with Crippen LogP contribution in [0.25, 0.3) is 0 Å². The van der Waals surface area contributed by atoms with Gasteiger partial charge in [-0.15, -0.1) is 0 Å². The summed E-state index contributed by atoms with van der Waals surface area (Å²) < 4.78 is 4.93. The number of ether oxygens (including phenoxy) is 1. The van der Waals surface area contributed by atoms with E-state index in [9.17, 15) is 4.79 Å². The van der Waals surface area contributed by atoms with E-state index in [4.69, 9.17) is 4.74 Å². The Balaban J connectivity index is 3.18. The zero-order valence-corrected chi connectivity index (χ0v) is 9.51. The van der Waals surface area contributed by atoms with Crippen molar-refractivity contribution in [3.63, 3.8) is 0 Å². The van der Waals surface area contributed by atoms with Crippen molar-refractivity contribution in [3.8, 4) is 0 Å². The van der Waals surface area contributed by atoms with Crippen LogP contribution < -0.4 is 5.32 Å². The summed E-state index contributed by atoms with van der Waals surface area (Å²) >= 11 is 0. The minimum Gasteiger partial charge on any atom is -0.450 e. The lowest BCUT2D eigenvalue weighted by Crippen LogP contribution is -2.27. The molecule has 14 heavy (non-hydrogen) atoms. The second kappa shape index (κ2) is 8.81. The average Bonchev–Trinajstić information content (AvgIpc) is 2.13. The van der Waals surface area contributed by atoms with Gasteiger partial charge in [0.1, 0.15) is 0 Å². The van der Waals surface area contributed by atoms with Crippen LogP contribution in [0.15, 0.2) is 0 Å². The molecule has 0 aromatic heterocycles. The molecule has 84 valence electrons. The molecule has 0 aliphatic carbocycles. The number of rotatable bonds is 7. The summed E-state index contributed by atoms with van der Waals surface area (Å²) in [4.78, 5) is 13.1. The van der Waals surface area contributed by atoms with Gasteiger partial charge in [0.15, 0.2) is 0 Å². The van der Waals surface area contributed by atoms with Crippen molar-refractivity contribution < 1.29 is 9.53 Å². The highest BCUT2D eigenvalue weighted by atomic mass is 16.5. The van der Waals surface area contributed by atoms with Crippen LogP contribution >= 0.6 is 0 Å². The van der Waals surface area contributed by atoms with Gasteiger partial charge < -0.3 is 15.0 Å². The quantitative estimate of drug-likeness (QED) is 0.636. The van der Waals surface area contributed by atoms with E-state index < -0.39 is 0 Å². The van der Waals surface area contributed by atoms with Gasteiger partial charge in [-0.05, 0) is 33.5 Å². The highest BCUT2D eigenvalue weighted by molar-refractivity contribution is 5.66. The molecule has 0 saturated heterocycles. The first-order chi connectivity index (χ1) is 6.66. The summed E-state index contributed by atoms with van der Waals surface area (Å²) in [5.74, 6) is 0. The highest BCUT2D eigenvalue weighted by Gasteiger charge is 1.99. The molecule has 0 fully saturated rings. The van der Waals surface area contributed by atoms with Gasteiger partial charge in [-0.1, -0.05) is 13.3 Å². The SMILES string of the molecule is CCCCOC(=O)NCCCN(C)C. The minimum absolute atomic E-state index is 0.294. The molecule has 0 atom stereocenters. The summed E-state index contributed by atoms with van der Waals surface area (Å²) in [6.45, 7) is 4.26. The van der Waals surface area contributed by atoms with Crippen LogP contribution in [-0.2, 0) is 4.74 Å².